The maximum Gasteiger partial charge on any atom is 0.233 e. The number of nitrogens with one attached hydrogen (secondary N) is 2. The summed E-state index contributed by atoms with van der Waals surface area (Å²) in [4.78, 5) is 11.1. The molecule has 1 rings (SSSR count). The number of likely N-dealkylation sites (N-methyl/N-ethyl adjacent to an activating group) is 1. The van der Waals surface area contributed by atoms with Gasteiger partial charge in [-0.3, -0.25) is 4.79 Å². The number of aliphatic hydroxyl groups excluding tert-OH is 1. The fraction of sp³-hybridized carbons (Fsp3) is 0.923. The van der Waals surface area contributed by atoms with Crippen LogP contribution in [0.15, 0.2) is 0 Å². The molecule has 0 aliphatic heterocycles. The first-order valence-electron chi connectivity index (χ1n) is 6.99. The van der Waals surface area contributed by atoms with Crippen LogP contribution in [0.1, 0.15) is 39.0 Å². The standard InChI is InChI=1S/C13H26N2O3/c1-2-15-13(17)9-14-8-11(16)10-18-12-6-4-3-5-7-12/h11-12,14,16H,2-10H2,1H3,(H,15,17). The van der Waals surface area contributed by atoms with E-state index < -0.39 is 6.10 Å². The van der Waals surface area contributed by atoms with Crippen LogP contribution in [0.25, 0.3) is 0 Å². The van der Waals surface area contributed by atoms with Gasteiger partial charge in [0, 0.05) is 13.1 Å². The quantitative estimate of drug-likeness (QED) is 0.590. The number of rotatable bonds is 8. The molecule has 5 nitrogen and oxygen atoms in total. The molecule has 106 valence electrons. The van der Waals surface area contributed by atoms with E-state index in [1.807, 2.05) is 6.92 Å². The summed E-state index contributed by atoms with van der Waals surface area (Å²) in [6, 6.07) is 0. The zero-order valence-corrected chi connectivity index (χ0v) is 11.3. The molecule has 5 heteroatoms. The van der Waals surface area contributed by atoms with E-state index in [9.17, 15) is 9.90 Å². The highest BCUT2D eigenvalue weighted by Gasteiger charge is 2.15. The number of aliphatic hydroxyl groups is 1. The first-order valence-corrected chi connectivity index (χ1v) is 6.99. The average molecular weight is 258 g/mol. The van der Waals surface area contributed by atoms with E-state index >= 15 is 0 Å². The fourth-order valence-corrected chi connectivity index (χ4v) is 2.15. The molecule has 0 aromatic heterocycles. The Morgan fingerprint density at radius 1 is 1.39 bits per heavy atom. The summed E-state index contributed by atoms with van der Waals surface area (Å²) in [6.45, 7) is 3.50. The van der Waals surface area contributed by atoms with Gasteiger partial charge in [0.25, 0.3) is 0 Å². The van der Waals surface area contributed by atoms with Crippen LogP contribution in [0.3, 0.4) is 0 Å². The largest absolute Gasteiger partial charge is 0.389 e. The van der Waals surface area contributed by atoms with Gasteiger partial charge in [0.15, 0.2) is 0 Å². The summed E-state index contributed by atoms with van der Waals surface area (Å²) in [6.07, 6.45) is 5.76. The minimum absolute atomic E-state index is 0.0436. The Morgan fingerprint density at radius 3 is 2.78 bits per heavy atom. The van der Waals surface area contributed by atoms with Crippen molar-refractivity contribution in [3.8, 4) is 0 Å². The van der Waals surface area contributed by atoms with Gasteiger partial charge in [-0.2, -0.15) is 0 Å². The lowest BCUT2D eigenvalue weighted by Crippen LogP contribution is -2.38. The van der Waals surface area contributed by atoms with Crippen molar-refractivity contribution < 1.29 is 14.6 Å². The summed E-state index contributed by atoms with van der Waals surface area (Å²) in [7, 11) is 0. The highest BCUT2D eigenvalue weighted by molar-refractivity contribution is 5.77. The van der Waals surface area contributed by atoms with Crippen LogP contribution >= 0.6 is 0 Å². The van der Waals surface area contributed by atoms with Crippen LogP contribution in [0.4, 0.5) is 0 Å². The molecule has 1 unspecified atom stereocenters. The molecular weight excluding hydrogens is 232 g/mol. The van der Waals surface area contributed by atoms with Crippen molar-refractivity contribution in [2.45, 2.75) is 51.2 Å². The molecular formula is C13H26N2O3. The summed E-state index contributed by atoms with van der Waals surface area (Å²) < 4.78 is 5.66. The smallest absolute Gasteiger partial charge is 0.233 e. The maximum atomic E-state index is 11.1. The van der Waals surface area contributed by atoms with Crippen LogP contribution in [-0.4, -0.2) is 49.5 Å². The Hall–Kier alpha value is -0.650. The van der Waals surface area contributed by atoms with E-state index in [4.69, 9.17) is 4.74 Å². The molecule has 0 radical (unpaired) electrons. The van der Waals surface area contributed by atoms with Gasteiger partial charge in [0.05, 0.1) is 25.4 Å². The molecule has 3 N–H and O–H groups in total. The predicted octanol–water partition coefficient (Wildman–Crippen LogP) is 0.422. The second-order valence-electron chi connectivity index (χ2n) is 4.83. The Bertz CT molecular complexity index is 230. The van der Waals surface area contributed by atoms with Crippen LogP contribution in [-0.2, 0) is 9.53 Å². The van der Waals surface area contributed by atoms with E-state index in [1.54, 1.807) is 0 Å². The van der Waals surface area contributed by atoms with Gasteiger partial charge in [0.1, 0.15) is 0 Å². The van der Waals surface area contributed by atoms with Crippen molar-refractivity contribution in [2.24, 2.45) is 0 Å². The van der Waals surface area contributed by atoms with E-state index in [2.05, 4.69) is 10.6 Å². The van der Waals surface area contributed by atoms with Crippen molar-refractivity contribution in [1.82, 2.24) is 10.6 Å². The van der Waals surface area contributed by atoms with Gasteiger partial charge in [-0.15, -0.1) is 0 Å². The Balaban J connectivity index is 1.99. The topological polar surface area (TPSA) is 70.6 Å². The van der Waals surface area contributed by atoms with Crippen molar-refractivity contribution >= 4 is 5.91 Å². The Kier molecular flexibility index (Phi) is 7.96. The van der Waals surface area contributed by atoms with Crippen molar-refractivity contribution in [1.29, 1.82) is 0 Å². The van der Waals surface area contributed by atoms with Crippen molar-refractivity contribution in [2.75, 3.05) is 26.2 Å². The molecule has 0 saturated heterocycles. The third kappa shape index (κ3) is 6.93. The molecule has 0 aromatic carbocycles. The third-order valence-corrected chi connectivity index (χ3v) is 3.12. The average Bonchev–Trinajstić information content (AvgIpc) is 2.38. The zero-order chi connectivity index (χ0) is 13.2. The monoisotopic (exact) mass is 258 g/mol. The molecule has 1 aliphatic carbocycles. The number of carbonyl (C=O) groups excluding carboxylic acids is 1. The zero-order valence-electron chi connectivity index (χ0n) is 11.3. The van der Waals surface area contributed by atoms with E-state index in [1.165, 1.54) is 19.3 Å². The summed E-state index contributed by atoms with van der Waals surface area (Å²) >= 11 is 0. The van der Waals surface area contributed by atoms with Crippen LogP contribution < -0.4 is 10.6 Å². The summed E-state index contributed by atoms with van der Waals surface area (Å²) in [5, 5.41) is 15.3. The fourth-order valence-electron chi connectivity index (χ4n) is 2.15. The molecule has 0 spiro atoms. The Labute approximate surface area is 109 Å². The number of hydrogen-bond acceptors (Lipinski definition) is 4. The van der Waals surface area contributed by atoms with Crippen LogP contribution in [0, 0.1) is 0 Å². The lowest BCUT2D eigenvalue weighted by atomic mass is 9.98. The number of carbonyl (C=O) groups is 1. The SMILES string of the molecule is CCNC(=O)CNCC(O)COC1CCCCC1. The first-order chi connectivity index (χ1) is 8.72. The number of ether oxygens (including phenoxy) is 1. The second kappa shape index (κ2) is 9.30. The van der Waals surface area contributed by atoms with Gasteiger partial charge in [-0.05, 0) is 19.8 Å². The molecule has 18 heavy (non-hydrogen) atoms. The van der Waals surface area contributed by atoms with E-state index in [0.29, 0.717) is 25.8 Å². The molecule has 0 bridgehead atoms. The van der Waals surface area contributed by atoms with Gasteiger partial charge in [-0.1, -0.05) is 19.3 Å². The van der Waals surface area contributed by atoms with Gasteiger partial charge < -0.3 is 20.5 Å². The highest BCUT2D eigenvalue weighted by atomic mass is 16.5. The molecule has 1 amide bonds. The molecule has 1 saturated carbocycles. The lowest BCUT2D eigenvalue weighted by Gasteiger charge is -2.23. The van der Waals surface area contributed by atoms with Crippen molar-refractivity contribution in [3.05, 3.63) is 0 Å². The van der Waals surface area contributed by atoms with Gasteiger partial charge in [0.2, 0.25) is 5.91 Å². The molecule has 0 heterocycles. The molecule has 1 atom stereocenters. The van der Waals surface area contributed by atoms with Crippen molar-refractivity contribution in [3.63, 3.8) is 0 Å². The first kappa shape index (κ1) is 15.4. The third-order valence-electron chi connectivity index (χ3n) is 3.12. The molecule has 1 fully saturated rings. The molecule has 1 aliphatic rings. The second-order valence-corrected chi connectivity index (χ2v) is 4.83. The minimum atomic E-state index is -0.540. The van der Waals surface area contributed by atoms with Crippen LogP contribution in [0.5, 0.6) is 0 Å². The molecule has 0 aromatic rings. The predicted molar refractivity (Wildman–Crippen MR) is 70.4 cm³/mol. The van der Waals surface area contributed by atoms with E-state index in [0.717, 1.165) is 12.8 Å². The summed E-state index contributed by atoms with van der Waals surface area (Å²) in [5.41, 5.74) is 0. The van der Waals surface area contributed by atoms with Crippen LogP contribution in [0.2, 0.25) is 0 Å². The van der Waals surface area contributed by atoms with Gasteiger partial charge in [-0.25, -0.2) is 0 Å². The Morgan fingerprint density at radius 2 is 2.11 bits per heavy atom. The lowest BCUT2D eigenvalue weighted by molar-refractivity contribution is -0.120. The maximum absolute atomic E-state index is 11.1. The number of hydrogen-bond donors (Lipinski definition) is 3. The summed E-state index contributed by atoms with van der Waals surface area (Å²) in [5.74, 6) is -0.0436. The van der Waals surface area contributed by atoms with Gasteiger partial charge >= 0.3 is 0 Å². The van der Waals surface area contributed by atoms with E-state index in [-0.39, 0.29) is 12.5 Å². The number of amides is 1. The normalized spacial score (nSPS) is 18.6. The minimum Gasteiger partial charge on any atom is -0.389 e. The highest BCUT2D eigenvalue weighted by Crippen LogP contribution is 2.20.